The third kappa shape index (κ3) is 14.2. The Morgan fingerprint density at radius 2 is 0.940 bits per heavy atom. The Bertz CT molecular complexity index is 1660. The number of benzene rings is 4. The minimum absolute atomic E-state index is 0.00527. The summed E-state index contributed by atoms with van der Waals surface area (Å²) >= 11 is 0. The first-order valence-corrected chi connectivity index (χ1v) is 15.9. The number of ether oxygens (including phenoxy) is 4. The van der Waals surface area contributed by atoms with E-state index < -0.39 is 30.3 Å². The molecular formula is C37H39N5O8. The van der Waals surface area contributed by atoms with Crippen molar-refractivity contribution in [2.75, 3.05) is 6.54 Å². The molecule has 0 aliphatic heterocycles. The first-order valence-electron chi connectivity index (χ1n) is 15.9. The van der Waals surface area contributed by atoms with Gasteiger partial charge in [-0.05, 0) is 35.1 Å². The normalized spacial score (nSPS) is 11.3. The zero-order chi connectivity index (χ0) is 35.2. The lowest BCUT2D eigenvalue weighted by Crippen LogP contribution is -2.50. The number of aliphatic imine (C=N–C) groups is 1. The van der Waals surface area contributed by atoms with E-state index in [0.717, 1.165) is 22.3 Å². The van der Waals surface area contributed by atoms with E-state index >= 15 is 0 Å². The number of alkyl carbamates (subject to hydrolysis) is 2. The summed E-state index contributed by atoms with van der Waals surface area (Å²) < 4.78 is 21.3. The highest BCUT2D eigenvalue weighted by molar-refractivity contribution is 5.94. The van der Waals surface area contributed by atoms with Gasteiger partial charge in [-0.3, -0.25) is 15.7 Å². The number of hydrogen-bond donors (Lipinski definition) is 4. The van der Waals surface area contributed by atoms with Crippen LogP contribution in [0.4, 0.5) is 14.4 Å². The second-order valence-corrected chi connectivity index (χ2v) is 10.7. The van der Waals surface area contributed by atoms with E-state index in [9.17, 15) is 19.2 Å². The summed E-state index contributed by atoms with van der Waals surface area (Å²) in [5, 5.41) is 5.04. The van der Waals surface area contributed by atoms with Crippen molar-refractivity contribution in [3.63, 3.8) is 0 Å². The maximum absolute atomic E-state index is 13.1. The molecule has 0 aliphatic rings. The Balaban J connectivity index is 1.34. The fraction of sp³-hybridized carbons (Fsp3) is 0.216. The van der Waals surface area contributed by atoms with Gasteiger partial charge in [0.2, 0.25) is 5.96 Å². The van der Waals surface area contributed by atoms with Crippen molar-refractivity contribution in [1.29, 1.82) is 0 Å². The average Bonchev–Trinajstić information content (AvgIpc) is 3.16. The van der Waals surface area contributed by atoms with Gasteiger partial charge in [0.25, 0.3) is 0 Å². The first-order chi connectivity index (χ1) is 24.4. The van der Waals surface area contributed by atoms with Crippen LogP contribution in [0, 0.1) is 0 Å². The number of rotatable bonds is 14. The highest BCUT2D eigenvalue weighted by Crippen LogP contribution is 2.08. The highest BCUT2D eigenvalue weighted by atomic mass is 16.6. The molecule has 4 rings (SSSR count). The van der Waals surface area contributed by atoms with Gasteiger partial charge in [0.1, 0.15) is 32.5 Å². The van der Waals surface area contributed by atoms with Crippen LogP contribution in [0.2, 0.25) is 0 Å². The van der Waals surface area contributed by atoms with E-state index in [1.807, 2.05) is 97.1 Å². The molecule has 0 heterocycles. The molecule has 0 unspecified atom stereocenters. The Kier molecular flexibility index (Phi) is 15.2. The molecule has 0 saturated carbocycles. The molecule has 3 amide bonds. The first kappa shape index (κ1) is 36.5. The van der Waals surface area contributed by atoms with Gasteiger partial charge in [-0.15, -0.1) is 0 Å². The van der Waals surface area contributed by atoms with Crippen LogP contribution in [0.3, 0.4) is 0 Å². The number of nitrogens with zero attached hydrogens (tertiary/aromatic N) is 1. The molecule has 0 saturated heterocycles. The molecule has 0 aromatic heterocycles. The van der Waals surface area contributed by atoms with Crippen LogP contribution < -0.4 is 21.5 Å². The van der Waals surface area contributed by atoms with Crippen molar-refractivity contribution in [1.82, 2.24) is 21.5 Å². The van der Waals surface area contributed by atoms with Crippen molar-refractivity contribution < 1.29 is 38.1 Å². The Hall–Kier alpha value is -6.37. The highest BCUT2D eigenvalue weighted by Gasteiger charge is 2.23. The molecule has 4 N–H and O–H groups in total. The van der Waals surface area contributed by atoms with Gasteiger partial charge in [0, 0.05) is 6.54 Å². The molecule has 260 valence electrons. The van der Waals surface area contributed by atoms with Crippen LogP contribution in [0.15, 0.2) is 126 Å². The van der Waals surface area contributed by atoms with Crippen molar-refractivity contribution in [2.24, 2.45) is 4.99 Å². The second kappa shape index (κ2) is 20.8. The number of nitrogens with one attached hydrogen (secondary N) is 4. The van der Waals surface area contributed by atoms with Gasteiger partial charge in [0.05, 0.1) is 0 Å². The van der Waals surface area contributed by atoms with E-state index in [4.69, 9.17) is 18.9 Å². The van der Waals surface area contributed by atoms with E-state index in [0.29, 0.717) is 0 Å². The Morgan fingerprint density at radius 1 is 0.520 bits per heavy atom. The van der Waals surface area contributed by atoms with Gasteiger partial charge in [0.15, 0.2) is 0 Å². The van der Waals surface area contributed by atoms with E-state index in [1.54, 1.807) is 24.3 Å². The van der Waals surface area contributed by atoms with Crippen molar-refractivity contribution in [3.05, 3.63) is 144 Å². The molecule has 0 bridgehead atoms. The Labute approximate surface area is 290 Å². The van der Waals surface area contributed by atoms with Crippen LogP contribution in [0.1, 0.15) is 35.1 Å². The molecular weight excluding hydrogens is 642 g/mol. The molecule has 1 atom stereocenters. The number of amides is 3. The average molecular weight is 682 g/mol. The van der Waals surface area contributed by atoms with E-state index in [1.165, 1.54) is 0 Å². The predicted molar refractivity (Wildman–Crippen MR) is 184 cm³/mol. The zero-order valence-electron chi connectivity index (χ0n) is 27.3. The molecule has 50 heavy (non-hydrogen) atoms. The van der Waals surface area contributed by atoms with Crippen LogP contribution in [0.5, 0.6) is 0 Å². The van der Waals surface area contributed by atoms with Crippen LogP contribution in [-0.4, -0.2) is 42.8 Å². The van der Waals surface area contributed by atoms with Crippen molar-refractivity contribution in [3.8, 4) is 0 Å². The SMILES string of the molecule is O=C(NNC(=NCCC[C@H](NC(=O)OCc1ccccc1)C(=O)OCc1ccccc1)NC(=O)OCc1ccccc1)OCc1ccccc1. The van der Waals surface area contributed by atoms with Gasteiger partial charge < -0.3 is 24.3 Å². The lowest BCUT2D eigenvalue weighted by Gasteiger charge is -2.18. The lowest BCUT2D eigenvalue weighted by atomic mass is 10.1. The predicted octanol–water partition coefficient (Wildman–Crippen LogP) is 5.52. The quantitative estimate of drug-likeness (QED) is 0.0335. The van der Waals surface area contributed by atoms with Gasteiger partial charge in [-0.2, -0.15) is 0 Å². The number of carbonyl (C=O) groups excluding carboxylic acids is 4. The fourth-order valence-electron chi connectivity index (χ4n) is 4.31. The van der Waals surface area contributed by atoms with Gasteiger partial charge >= 0.3 is 24.2 Å². The number of guanidine groups is 1. The standard InChI is InChI=1S/C37H39N5O8/c43-33(47-24-28-14-5-1-6-15-28)32(39-35(44)48-25-29-16-7-2-8-17-29)22-13-23-38-34(40-36(45)49-26-30-18-9-3-10-19-30)41-42-37(46)50-27-31-20-11-4-12-21-31/h1-12,14-21,32H,13,22-27H2,(H,39,44)(H,42,46)(H2,38,40,41,45)/t32-/m0/s1. The molecule has 0 radical (unpaired) electrons. The topological polar surface area (TPSA) is 166 Å². The monoisotopic (exact) mass is 681 g/mol. The maximum Gasteiger partial charge on any atom is 0.426 e. The van der Waals surface area contributed by atoms with E-state index in [2.05, 4.69) is 26.5 Å². The molecule has 13 heteroatoms. The summed E-state index contributed by atoms with van der Waals surface area (Å²) in [4.78, 5) is 54.9. The van der Waals surface area contributed by atoms with E-state index in [-0.39, 0.29) is 51.8 Å². The summed E-state index contributed by atoms with van der Waals surface area (Å²) in [6.07, 6.45) is -2.06. The summed E-state index contributed by atoms with van der Waals surface area (Å²) in [7, 11) is 0. The van der Waals surface area contributed by atoms with Crippen LogP contribution in [0.25, 0.3) is 0 Å². The largest absolute Gasteiger partial charge is 0.459 e. The second-order valence-electron chi connectivity index (χ2n) is 10.7. The zero-order valence-corrected chi connectivity index (χ0v) is 27.3. The smallest absolute Gasteiger partial charge is 0.426 e. The van der Waals surface area contributed by atoms with Gasteiger partial charge in [-0.1, -0.05) is 121 Å². The van der Waals surface area contributed by atoms with Gasteiger partial charge in [-0.25, -0.2) is 24.6 Å². The number of esters is 1. The molecule has 0 aliphatic carbocycles. The molecule has 13 nitrogen and oxygen atoms in total. The van der Waals surface area contributed by atoms with Crippen molar-refractivity contribution >= 4 is 30.2 Å². The number of hydrazine groups is 1. The summed E-state index contributed by atoms with van der Waals surface area (Å²) in [5.41, 5.74) is 7.99. The molecule has 0 fully saturated rings. The lowest BCUT2D eigenvalue weighted by molar-refractivity contribution is -0.147. The number of carbonyl (C=O) groups is 4. The third-order valence-corrected chi connectivity index (χ3v) is 6.86. The molecule has 4 aromatic rings. The minimum atomic E-state index is -1.05. The van der Waals surface area contributed by atoms with Crippen LogP contribution >= 0.6 is 0 Å². The molecule has 0 spiro atoms. The van der Waals surface area contributed by atoms with Crippen LogP contribution in [-0.2, 0) is 50.2 Å². The number of hydrogen-bond acceptors (Lipinski definition) is 9. The fourth-order valence-corrected chi connectivity index (χ4v) is 4.31. The Morgan fingerprint density at radius 3 is 1.42 bits per heavy atom. The summed E-state index contributed by atoms with van der Waals surface area (Å²) in [6, 6.07) is 35.4. The third-order valence-electron chi connectivity index (χ3n) is 6.86. The minimum Gasteiger partial charge on any atom is -0.459 e. The maximum atomic E-state index is 13.1. The molecule has 4 aromatic carbocycles. The summed E-state index contributed by atoms with van der Waals surface area (Å²) in [5.74, 6) is -0.795. The van der Waals surface area contributed by atoms with Crippen molar-refractivity contribution in [2.45, 2.75) is 45.3 Å². The summed E-state index contributed by atoms with van der Waals surface area (Å²) in [6.45, 7) is 0.126.